The van der Waals surface area contributed by atoms with Crippen molar-refractivity contribution in [2.45, 2.75) is 63.6 Å². The molecule has 7 heteroatoms. The fraction of sp³-hybridized carbons (Fsp3) is 0.812. The Hall–Kier alpha value is -1.47. The van der Waals surface area contributed by atoms with Crippen molar-refractivity contribution in [1.82, 2.24) is 15.1 Å². The monoisotopic (exact) mass is 323 g/mol. The number of rotatable bonds is 4. The molecule has 0 radical (unpaired) electrons. The van der Waals surface area contributed by atoms with Gasteiger partial charge in [0.25, 0.3) is 0 Å². The quantitative estimate of drug-likeness (QED) is 0.897. The van der Waals surface area contributed by atoms with E-state index in [1.807, 2.05) is 13.8 Å². The second-order valence-electron chi connectivity index (χ2n) is 6.83. The average molecular weight is 323 g/mol. The molecule has 3 heterocycles. The Kier molecular flexibility index (Phi) is 4.68. The van der Waals surface area contributed by atoms with Gasteiger partial charge in [-0.3, -0.25) is 4.79 Å². The fourth-order valence-electron chi connectivity index (χ4n) is 3.34. The molecule has 0 unspecified atom stereocenters. The number of aromatic nitrogens is 2. The SMILES string of the molecule is CC(C)c1nnc(CCC(=O)N2CC[C@H](O)[C@]3(CCCO3)C2)o1. The Morgan fingerprint density at radius 1 is 1.48 bits per heavy atom. The van der Waals surface area contributed by atoms with Crippen molar-refractivity contribution in [1.29, 1.82) is 0 Å². The molecule has 1 spiro atoms. The van der Waals surface area contributed by atoms with Crippen LogP contribution in [-0.2, 0) is 16.0 Å². The molecule has 1 amide bonds. The molecule has 2 aliphatic heterocycles. The number of hydrogen-bond acceptors (Lipinski definition) is 6. The van der Waals surface area contributed by atoms with Crippen LogP contribution in [0.5, 0.6) is 0 Å². The van der Waals surface area contributed by atoms with E-state index in [4.69, 9.17) is 9.15 Å². The molecule has 0 aromatic carbocycles. The van der Waals surface area contributed by atoms with Crippen LogP contribution in [0.15, 0.2) is 4.42 Å². The van der Waals surface area contributed by atoms with E-state index in [1.54, 1.807) is 4.90 Å². The lowest BCUT2D eigenvalue weighted by Gasteiger charge is -2.43. The van der Waals surface area contributed by atoms with E-state index in [1.165, 1.54) is 0 Å². The number of aliphatic hydroxyl groups excluding tert-OH is 1. The predicted octanol–water partition coefficient (Wildman–Crippen LogP) is 1.27. The van der Waals surface area contributed by atoms with Gasteiger partial charge in [0.2, 0.25) is 17.7 Å². The summed E-state index contributed by atoms with van der Waals surface area (Å²) < 4.78 is 11.3. The third-order valence-electron chi connectivity index (χ3n) is 4.75. The molecule has 1 aromatic heterocycles. The smallest absolute Gasteiger partial charge is 0.223 e. The van der Waals surface area contributed by atoms with Crippen LogP contribution in [0.25, 0.3) is 0 Å². The number of carbonyl (C=O) groups is 1. The normalized spacial score (nSPS) is 28.0. The molecule has 2 atom stereocenters. The highest BCUT2D eigenvalue weighted by Crippen LogP contribution is 2.35. The van der Waals surface area contributed by atoms with E-state index < -0.39 is 11.7 Å². The first-order chi connectivity index (χ1) is 11.0. The molecule has 0 bridgehead atoms. The molecular weight excluding hydrogens is 298 g/mol. The van der Waals surface area contributed by atoms with E-state index >= 15 is 0 Å². The van der Waals surface area contributed by atoms with Crippen molar-refractivity contribution in [3.63, 3.8) is 0 Å². The van der Waals surface area contributed by atoms with Crippen molar-refractivity contribution in [3.8, 4) is 0 Å². The maximum absolute atomic E-state index is 12.5. The highest BCUT2D eigenvalue weighted by molar-refractivity contribution is 5.76. The molecule has 23 heavy (non-hydrogen) atoms. The van der Waals surface area contributed by atoms with Gasteiger partial charge in [-0.1, -0.05) is 13.8 Å². The molecule has 1 aromatic rings. The van der Waals surface area contributed by atoms with Crippen molar-refractivity contribution in [2.75, 3.05) is 19.7 Å². The summed E-state index contributed by atoms with van der Waals surface area (Å²) in [6.07, 6.45) is 2.65. The Balaban J connectivity index is 1.55. The number of likely N-dealkylation sites (tertiary alicyclic amines) is 1. The summed E-state index contributed by atoms with van der Waals surface area (Å²) in [6, 6.07) is 0. The molecule has 2 fully saturated rings. The lowest BCUT2D eigenvalue weighted by molar-refractivity contribution is -0.155. The van der Waals surface area contributed by atoms with Gasteiger partial charge < -0.3 is 19.2 Å². The van der Waals surface area contributed by atoms with Gasteiger partial charge in [-0.25, -0.2) is 0 Å². The standard InChI is InChI=1S/C16H25N3O4/c1-11(2)15-18-17-13(23-15)4-5-14(21)19-8-6-12(20)16(10-19)7-3-9-22-16/h11-12,20H,3-10H2,1-2H3/t12-,16-/m0/s1. The summed E-state index contributed by atoms with van der Waals surface area (Å²) in [5, 5.41) is 18.2. The van der Waals surface area contributed by atoms with E-state index in [0.717, 1.165) is 12.8 Å². The summed E-state index contributed by atoms with van der Waals surface area (Å²) in [7, 11) is 0. The van der Waals surface area contributed by atoms with Crippen molar-refractivity contribution < 1.29 is 19.1 Å². The minimum atomic E-state index is -0.552. The first-order valence-electron chi connectivity index (χ1n) is 8.42. The van der Waals surface area contributed by atoms with E-state index in [0.29, 0.717) is 50.7 Å². The topological polar surface area (TPSA) is 88.7 Å². The van der Waals surface area contributed by atoms with Gasteiger partial charge >= 0.3 is 0 Å². The maximum atomic E-state index is 12.5. The highest BCUT2D eigenvalue weighted by Gasteiger charge is 2.47. The average Bonchev–Trinajstić information content (AvgIpc) is 3.18. The number of ether oxygens (including phenoxy) is 1. The molecule has 0 saturated carbocycles. The summed E-state index contributed by atoms with van der Waals surface area (Å²) >= 11 is 0. The molecule has 1 N–H and O–H groups in total. The third kappa shape index (κ3) is 3.40. The van der Waals surface area contributed by atoms with E-state index in [9.17, 15) is 9.90 Å². The molecule has 3 rings (SSSR count). The van der Waals surface area contributed by atoms with Gasteiger partial charge in [0.05, 0.1) is 12.6 Å². The Labute approximate surface area is 136 Å². The van der Waals surface area contributed by atoms with Crippen molar-refractivity contribution >= 4 is 5.91 Å². The first kappa shape index (κ1) is 16.4. The number of piperidine rings is 1. The van der Waals surface area contributed by atoms with Crippen LogP contribution in [-0.4, -0.2) is 57.5 Å². The van der Waals surface area contributed by atoms with Gasteiger partial charge in [0.15, 0.2) is 0 Å². The number of aliphatic hydroxyl groups is 1. The summed E-state index contributed by atoms with van der Waals surface area (Å²) in [6.45, 7) is 5.70. The second-order valence-corrected chi connectivity index (χ2v) is 6.83. The van der Waals surface area contributed by atoms with Gasteiger partial charge in [-0.05, 0) is 19.3 Å². The molecule has 7 nitrogen and oxygen atoms in total. The fourth-order valence-corrected chi connectivity index (χ4v) is 3.34. The number of nitrogens with zero attached hydrogens (tertiary/aromatic N) is 3. The molecule has 2 saturated heterocycles. The van der Waals surface area contributed by atoms with Crippen LogP contribution >= 0.6 is 0 Å². The Morgan fingerprint density at radius 3 is 2.96 bits per heavy atom. The molecule has 2 aliphatic rings. The zero-order chi connectivity index (χ0) is 16.4. The summed E-state index contributed by atoms with van der Waals surface area (Å²) in [5.74, 6) is 1.35. The second kappa shape index (κ2) is 6.57. The molecule has 0 aliphatic carbocycles. The molecular formula is C16H25N3O4. The van der Waals surface area contributed by atoms with Crippen LogP contribution < -0.4 is 0 Å². The maximum Gasteiger partial charge on any atom is 0.223 e. The zero-order valence-corrected chi connectivity index (χ0v) is 13.8. The van der Waals surface area contributed by atoms with Gasteiger partial charge in [-0.2, -0.15) is 0 Å². The number of aryl methyl sites for hydroxylation is 1. The first-order valence-corrected chi connectivity index (χ1v) is 8.42. The predicted molar refractivity (Wildman–Crippen MR) is 81.8 cm³/mol. The number of carbonyl (C=O) groups excluding carboxylic acids is 1. The highest BCUT2D eigenvalue weighted by atomic mass is 16.5. The lowest BCUT2D eigenvalue weighted by atomic mass is 9.87. The lowest BCUT2D eigenvalue weighted by Crippen LogP contribution is -2.57. The van der Waals surface area contributed by atoms with Gasteiger partial charge in [0, 0.05) is 31.9 Å². The van der Waals surface area contributed by atoms with Crippen molar-refractivity contribution in [3.05, 3.63) is 11.8 Å². The Bertz CT molecular complexity index is 551. The van der Waals surface area contributed by atoms with Crippen molar-refractivity contribution in [2.24, 2.45) is 0 Å². The van der Waals surface area contributed by atoms with Gasteiger partial charge in [-0.15, -0.1) is 10.2 Å². The van der Waals surface area contributed by atoms with Gasteiger partial charge in [0.1, 0.15) is 5.60 Å². The Morgan fingerprint density at radius 2 is 2.30 bits per heavy atom. The number of amides is 1. The van der Waals surface area contributed by atoms with Crippen LogP contribution in [0.3, 0.4) is 0 Å². The van der Waals surface area contributed by atoms with Crippen LogP contribution in [0.2, 0.25) is 0 Å². The van der Waals surface area contributed by atoms with Crippen LogP contribution in [0.4, 0.5) is 0 Å². The van der Waals surface area contributed by atoms with E-state index in [2.05, 4.69) is 10.2 Å². The van der Waals surface area contributed by atoms with E-state index in [-0.39, 0.29) is 11.8 Å². The zero-order valence-electron chi connectivity index (χ0n) is 13.8. The minimum absolute atomic E-state index is 0.0519. The third-order valence-corrected chi connectivity index (χ3v) is 4.75. The van der Waals surface area contributed by atoms with Crippen LogP contribution in [0.1, 0.15) is 57.2 Å². The molecule has 128 valence electrons. The largest absolute Gasteiger partial charge is 0.425 e. The number of hydrogen-bond donors (Lipinski definition) is 1. The summed E-state index contributed by atoms with van der Waals surface area (Å²) in [5.41, 5.74) is -0.552. The van der Waals surface area contributed by atoms with Crippen LogP contribution in [0, 0.1) is 0 Å². The summed E-state index contributed by atoms with van der Waals surface area (Å²) in [4.78, 5) is 14.3. The minimum Gasteiger partial charge on any atom is -0.425 e.